The fourth-order valence-corrected chi connectivity index (χ4v) is 1.95. The molecular weight excluding hydrogens is 286 g/mol. The molecule has 0 spiro atoms. The first-order chi connectivity index (χ1) is 10.1. The summed E-state index contributed by atoms with van der Waals surface area (Å²) in [4.78, 5) is 32.2. The number of aromatic amines is 2. The topological polar surface area (TPSA) is 92.8 Å². The van der Waals surface area contributed by atoms with Crippen LogP contribution in [0.1, 0.15) is 0 Å². The summed E-state index contributed by atoms with van der Waals surface area (Å²) in [5.74, 6) is -0.0375. The first-order valence-electron chi connectivity index (χ1n) is 5.80. The molecule has 0 amide bonds. The SMILES string of the molecule is O=c1[nH]c(=O)n(-c2ccc(OC(F)F)cc2)c2nc[nH]c12. The number of aromatic nitrogens is 4. The molecule has 9 heteroatoms. The lowest BCUT2D eigenvalue weighted by atomic mass is 10.3. The molecule has 2 aromatic heterocycles. The number of H-pyrrole nitrogens is 2. The summed E-state index contributed by atoms with van der Waals surface area (Å²) in [5.41, 5.74) is -0.618. The predicted octanol–water partition coefficient (Wildman–Crippen LogP) is 1.00. The van der Waals surface area contributed by atoms with Gasteiger partial charge in [-0.1, -0.05) is 0 Å². The molecule has 1 aromatic carbocycles. The Labute approximate surface area is 114 Å². The third kappa shape index (κ3) is 2.29. The van der Waals surface area contributed by atoms with E-state index in [-0.39, 0.29) is 16.9 Å². The first-order valence-corrected chi connectivity index (χ1v) is 5.80. The molecule has 3 aromatic rings. The number of ether oxygens (including phenoxy) is 1. The molecule has 0 aliphatic heterocycles. The molecule has 0 aliphatic rings. The van der Waals surface area contributed by atoms with Crippen molar-refractivity contribution in [3.05, 3.63) is 51.4 Å². The molecule has 7 nitrogen and oxygen atoms in total. The summed E-state index contributed by atoms with van der Waals surface area (Å²) in [5, 5.41) is 0. The van der Waals surface area contributed by atoms with Crippen molar-refractivity contribution in [3.63, 3.8) is 0 Å². The van der Waals surface area contributed by atoms with E-state index in [0.29, 0.717) is 5.69 Å². The summed E-state index contributed by atoms with van der Waals surface area (Å²) in [7, 11) is 0. The quantitative estimate of drug-likeness (QED) is 0.753. The second-order valence-electron chi connectivity index (χ2n) is 4.07. The number of hydrogen-bond acceptors (Lipinski definition) is 4. The van der Waals surface area contributed by atoms with E-state index in [0.717, 1.165) is 4.57 Å². The number of halogens is 2. The van der Waals surface area contributed by atoms with Gasteiger partial charge in [-0.15, -0.1) is 0 Å². The van der Waals surface area contributed by atoms with Crippen molar-refractivity contribution in [3.8, 4) is 11.4 Å². The van der Waals surface area contributed by atoms with Crippen molar-refractivity contribution >= 4 is 11.2 Å². The molecule has 0 aliphatic carbocycles. The van der Waals surface area contributed by atoms with Crippen molar-refractivity contribution in [2.45, 2.75) is 6.61 Å². The maximum absolute atomic E-state index is 12.1. The van der Waals surface area contributed by atoms with E-state index in [4.69, 9.17) is 0 Å². The minimum Gasteiger partial charge on any atom is -0.435 e. The Morgan fingerprint density at radius 2 is 1.90 bits per heavy atom. The summed E-state index contributed by atoms with van der Waals surface area (Å²) in [6, 6.07) is 5.39. The molecule has 0 atom stereocenters. The van der Waals surface area contributed by atoms with Gasteiger partial charge in [0.15, 0.2) is 5.65 Å². The van der Waals surface area contributed by atoms with Crippen LogP contribution in [0.3, 0.4) is 0 Å². The average Bonchev–Trinajstić information content (AvgIpc) is 2.89. The number of hydrogen-bond donors (Lipinski definition) is 2. The van der Waals surface area contributed by atoms with Gasteiger partial charge in [0, 0.05) is 0 Å². The summed E-state index contributed by atoms with van der Waals surface area (Å²) in [6.45, 7) is -2.93. The van der Waals surface area contributed by atoms with Crippen LogP contribution in [0, 0.1) is 0 Å². The number of benzene rings is 1. The molecule has 0 saturated carbocycles. The van der Waals surface area contributed by atoms with E-state index in [1.807, 2.05) is 0 Å². The molecule has 2 heterocycles. The molecule has 108 valence electrons. The highest BCUT2D eigenvalue weighted by Crippen LogP contribution is 2.17. The van der Waals surface area contributed by atoms with E-state index >= 15 is 0 Å². The van der Waals surface area contributed by atoms with Gasteiger partial charge in [0.1, 0.15) is 11.3 Å². The summed E-state index contributed by atoms with van der Waals surface area (Å²) in [6.07, 6.45) is 1.28. The van der Waals surface area contributed by atoms with E-state index in [1.165, 1.54) is 30.6 Å². The lowest BCUT2D eigenvalue weighted by Crippen LogP contribution is -2.29. The van der Waals surface area contributed by atoms with Gasteiger partial charge in [0.05, 0.1) is 12.0 Å². The average molecular weight is 294 g/mol. The zero-order valence-electron chi connectivity index (χ0n) is 10.3. The molecule has 21 heavy (non-hydrogen) atoms. The highest BCUT2D eigenvalue weighted by Gasteiger charge is 2.12. The van der Waals surface area contributed by atoms with Gasteiger partial charge < -0.3 is 9.72 Å². The molecule has 0 saturated heterocycles. The van der Waals surface area contributed by atoms with Crippen molar-refractivity contribution < 1.29 is 13.5 Å². The molecule has 2 N–H and O–H groups in total. The number of nitrogens with zero attached hydrogens (tertiary/aromatic N) is 2. The third-order valence-electron chi connectivity index (χ3n) is 2.80. The fourth-order valence-electron chi connectivity index (χ4n) is 1.95. The van der Waals surface area contributed by atoms with Gasteiger partial charge in [-0.25, -0.2) is 14.3 Å². The number of alkyl halides is 2. The molecular formula is C12H8F2N4O3. The standard InChI is InChI=1S/C12H8F2N4O3/c13-11(14)21-7-3-1-6(2-4-7)18-9-8(15-5-16-9)10(19)17-12(18)20/h1-5,11H,(H,15,16)(H,17,19,20). The van der Waals surface area contributed by atoms with Crippen LogP contribution in [0.4, 0.5) is 8.78 Å². The highest BCUT2D eigenvalue weighted by atomic mass is 19.3. The van der Waals surface area contributed by atoms with Crippen LogP contribution in [0.15, 0.2) is 40.2 Å². The van der Waals surface area contributed by atoms with Crippen LogP contribution in [0.2, 0.25) is 0 Å². The van der Waals surface area contributed by atoms with Crippen LogP contribution in [0.25, 0.3) is 16.9 Å². The Kier molecular flexibility index (Phi) is 3.01. The van der Waals surface area contributed by atoms with Crippen molar-refractivity contribution in [1.82, 2.24) is 19.5 Å². The van der Waals surface area contributed by atoms with Gasteiger partial charge in [-0.3, -0.25) is 9.78 Å². The van der Waals surface area contributed by atoms with E-state index < -0.39 is 17.9 Å². The monoisotopic (exact) mass is 294 g/mol. The largest absolute Gasteiger partial charge is 0.435 e. The second-order valence-corrected chi connectivity index (χ2v) is 4.07. The number of nitrogens with one attached hydrogen (secondary N) is 2. The fraction of sp³-hybridized carbons (Fsp3) is 0.0833. The molecule has 3 rings (SSSR count). The van der Waals surface area contributed by atoms with E-state index in [9.17, 15) is 18.4 Å². The van der Waals surface area contributed by atoms with Gasteiger partial charge in [-0.05, 0) is 24.3 Å². The van der Waals surface area contributed by atoms with Gasteiger partial charge in [0.25, 0.3) is 5.56 Å². The van der Waals surface area contributed by atoms with Crippen molar-refractivity contribution in [1.29, 1.82) is 0 Å². The van der Waals surface area contributed by atoms with Crippen LogP contribution in [0.5, 0.6) is 5.75 Å². The van der Waals surface area contributed by atoms with Crippen LogP contribution in [-0.4, -0.2) is 26.1 Å². The van der Waals surface area contributed by atoms with Gasteiger partial charge in [0.2, 0.25) is 0 Å². The Morgan fingerprint density at radius 3 is 2.57 bits per heavy atom. The van der Waals surface area contributed by atoms with Crippen molar-refractivity contribution in [2.24, 2.45) is 0 Å². The third-order valence-corrected chi connectivity index (χ3v) is 2.80. The van der Waals surface area contributed by atoms with Crippen LogP contribution >= 0.6 is 0 Å². The maximum atomic E-state index is 12.1. The second kappa shape index (κ2) is 4.85. The molecule has 0 fully saturated rings. The number of rotatable bonds is 3. The first kappa shape index (κ1) is 13.0. The maximum Gasteiger partial charge on any atom is 0.387 e. The zero-order chi connectivity index (χ0) is 15.0. The van der Waals surface area contributed by atoms with Crippen LogP contribution in [-0.2, 0) is 0 Å². The highest BCUT2D eigenvalue weighted by molar-refractivity contribution is 5.71. The van der Waals surface area contributed by atoms with E-state index in [1.54, 1.807) is 0 Å². The Balaban J connectivity index is 2.14. The summed E-state index contributed by atoms with van der Waals surface area (Å²) >= 11 is 0. The lowest BCUT2D eigenvalue weighted by molar-refractivity contribution is -0.0498. The normalized spacial score (nSPS) is 11.2. The smallest absolute Gasteiger partial charge is 0.387 e. The Hall–Kier alpha value is -2.97. The zero-order valence-corrected chi connectivity index (χ0v) is 10.3. The van der Waals surface area contributed by atoms with Crippen molar-refractivity contribution in [2.75, 3.05) is 0 Å². The lowest BCUT2D eigenvalue weighted by Gasteiger charge is -2.08. The van der Waals surface area contributed by atoms with E-state index in [2.05, 4.69) is 19.7 Å². The molecule has 0 radical (unpaired) electrons. The minimum absolute atomic E-state index is 0.0375. The summed E-state index contributed by atoms with van der Waals surface area (Å²) < 4.78 is 29.6. The van der Waals surface area contributed by atoms with Crippen LogP contribution < -0.4 is 16.0 Å². The van der Waals surface area contributed by atoms with Gasteiger partial charge in [-0.2, -0.15) is 8.78 Å². The Bertz CT molecular complexity index is 895. The number of fused-ring (bicyclic) bond motifs is 1. The molecule has 0 unspecified atom stereocenters. The predicted molar refractivity (Wildman–Crippen MR) is 68.9 cm³/mol. The molecule has 0 bridgehead atoms. The number of imidazole rings is 1. The van der Waals surface area contributed by atoms with Gasteiger partial charge >= 0.3 is 12.3 Å². The minimum atomic E-state index is -2.93. The Morgan fingerprint density at radius 1 is 1.19 bits per heavy atom.